The van der Waals surface area contributed by atoms with Crippen molar-refractivity contribution in [3.8, 4) is 0 Å². The predicted molar refractivity (Wildman–Crippen MR) is 106 cm³/mol. The van der Waals surface area contributed by atoms with Gasteiger partial charge in [-0.1, -0.05) is 25.0 Å². The lowest BCUT2D eigenvalue weighted by atomic mass is 9.87. The predicted octanol–water partition coefficient (Wildman–Crippen LogP) is 3.82. The molecule has 1 aliphatic carbocycles. The van der Waals surface area contributed by atoms with Gasteiger partial charge >= 0.3 is 5.97 Å². The van der Waals surface area contributed by atoms with Gasteiger partial charge in [-0.15, -0.1) is 0 Å². The van der Waals surface area contributed by atoms with Gasteiger partial charge in [-0.05, 0) is 44.9 Å². The first-order valence-electron chi connectivity index (χ1n) is 10.8. The molecule has 0 aromatic heterocycles. The first-order chi connectivity index (χ1) is 13.6. The summed E-state index contributed by atoms with van der Waals surface area (Å²) in [5.74, 6) is -0.758. The highest BCUT2D eigenvalue weighted by molar-refractivity contribution is 6.33. The van der Waals surface area contributed by atoms with E-state index in [0.717, 1.165) is 58.2 Å². The summed E-state index contributed by atoms with van der Waals surface area (Å²) < 4.78 is 22.0. The molecular weight excluding hydrogens is 360 g/mol. The molecule has 2 atom stereocenters. The van der Waals surface area contributed by atoms with Gasteiger partial charge in [-0.2, -0.15) is 0 Å². The number of rotatable bonds is 13. The van der Waals surface area contributed by atoms with Gasteiger partial charge in [0.15, 0.2) is 5.79 Å². The van der Waals surface area contributed by atoms with Crippen molar-refractivity contribution in [3.63, 3.8) is 0 Å². The first kappa shape index (κ1) is 23.0. The molecular formula is C22H36O6. The van der Waals surface area contributed by atoms with Gasteiger partial charge in [0.25, 0.3) is 0 Å². The minimum Gasteiger partial charge on any atom is -0.463 e. The fourth-order valence-corrected chi connectivity index (χ4v) is 4.33. The molecule has 0 bridgehead atoms. The second-order valence-electron chi connectivity index (χ2n) is 7.60. The molecule has 1 heterocycles. The molecule has 0 radical (unpaired) electrons. The highest BCUT2D eigenvalue weighted by atomic mass is 16.7. The number of carbonyl (C=O) groups excluding carboxylic acids is 2. The second kappa shape index (κ2) is 12.3. The Morgan fingerprint density at radius 1 is 1.14 bits per heavy atom. The Kier molecular flexibility index (Phi) is 10.2. The first-order valence-corrected chi connectivity index (χ1v) is 10.8. The number of methoxy groups -OCH3 is 1. The lowest BCUT2D eigenvalue weighted by Crippen LogP contribution is -2.36. The summed E-state index contributed by atoms with van der Waals surface area (Å²) >= 11 is 0. The molecule has 2 rings (SSSR count). The van der Waals surface area contributed by atoms with Crippen molar-refractivity contribution < 1.29 is 28.5 Å². The van der Waals surface area contributed by atoms with Crippen LogP contribution in [0.2, 0.25) is 0 Å². The van der Waals surface area contributed by atoms with Crippen molar-refractivity contribution in [2.75, 3.05) is 33.5 Å². The van der Waals surface area contributed by atoms with E-state index in [2.05, 4.69) is 16.9 Å². The maximum absolute atomic E-state index is 11.5. The Labute approximate surface area is 168 Å². The fraction of sp³-hybridized carbons (Fsp3) is 0.818. The molecule has 6 heteroatoms. The largest absolute Gasteiger partial charge is 0.463 e. The molecule has 160 valence electrons. The number of carbonyl (C=O) groups is 2. The lowest BCUT2D eigenvalue weighted by molar-refractivity contribution is -0.186. The third-order valence-electron chi connectivity index (χ3n) is 5.76. The smallest absolute Gasteiger partial charge is 0.374 e. The van der Waals surface area contributed by atoms with Crippen molar-refractivity contribution >= 4 is 11.8 Å². The van der Waals surface area contributed by atoms with E-state index >= 15 is 0 Å². The van der Waals surface area contributed by atoms with Crippen molar-refractivity contribution in [1.29, 1.82) is 0 Å². The number of allylic oxidation sites excluding steroid dienone is 2. The molecule has 1 spiro atoms. The molecule has 1 saturated heterocycles. The van der Waals surface area contributed by atoms with Crippen molar-refractivity contribution in [2.24, 2.45) is 11.8 Å². The van der Waals surface area contributed by atoms with Gasteiger partial charge in [0, 0.05) is 32.0 Å². The molecule has 1 saturated carbocycles. The summed E-state index contributed by atoms with van der Waals surface area (Å²) in [5.41, 5.74) is 0. The van der Waals surface area contributed by atoms with Gasteiger partial charge in [-0.3, -0.25) is 4.79 Å². The van der Waals surface area contributed by atoms with Gasteiger partial charge in [-0.25, -0.2) is 4.79 Å². The lowest BCUT2D eigenvalue weighted by Gasteiger charge is -2.31. The molecule has 0 N–H and O–H groups in total. The summed E-state index contributed by atoms with van der Waals surface area (Å²) in [7, 11) is 1.24. The van der Waals surface area contributed by atoms with Gasteiger partial charge in [0.1, 0.15) is 0 Å². The summed E-state index contributed by atoms with van der Waals surface area (Å²) in [4.78, 5) is 22.7. The number of hydrogen-bond acceptors (Lipinski definition) is 6. The Hall–Kier alpha value is -1.24. The number of esters is 1. The molecule has 28 heavy (non-hydrogen) atoms. The summed E-state index contributed by atoms with van der Waals surface area (Å²) in [6.07, 6.45) is 12.7. The van der Waals surface area contributed by atoms with Crippen LogP contribution in [-0.4, -0.2) is 51.1 Å². The summed E-state index contributed by atoms with van der Waals surface area (Å²) in [5, 5.41) is 0. The zero-order valence-electron chi connectivity index (χ0n) is 17.5. The second-order valence-corrected chi connectivity index (χ2v) is 7.60. The van der Waals surface area contributed by atoms with E-state index < -0.39 is 17.5 Å². The molecule has 0 aromatic carbocycles. The summed E-state index contributed by atoms with van der Waals surface area (Å²) in [6, 6.07) is 0. The minimum atomic E-state index is -0.739. The Morgan fingerprint density at radius 2 is 1.93 bits per heavy atom. The maximum atomic E-state index is 11.5. The Bertz CT molecular complexity index is 509. The molecule has 2 fully saturated rings. The maximum Gasteiger partial charge on any atom is 0.374 e. The Morgan fingerprint density at radius 3 is 2.64 bits per heavy atom. The highest BCUT2D eigenvalue weighted by Gasteiger charge is 2.51. The summed E-state index contributed by atoms with van der Waals surface area (Å²) in [6.45, 7) is 4.96. The molecule has 0 aromatic rings. The number of unbranched alkanes of at least 4 members (excludes halogenated alkanes) is 3. The van der Waals surface area contributed by atoms with Crippen molar-refractivity contribution in [1.82, 2.24) is 0 Å². The SMILES string of the molecule is CCOCCCC=C[C@H]1CCC2(OCCO2)[C@@H]1CCCCCC(=O)C(=O)OC. The zero-order valence-corrected chi connectivity index (χ0v) is 17.5. The number of Topliss-reactive ketones (excluding diaryl/α,β-unsaturated/α-hetero) is 1. The van der Waals surface area contributed by atoms with Crippen LogP contribution < -0.4 is 0 Å². The normalized spacial score (nSPS) is 23.6. The molecule has 0 amide bonds. The molecule has 6 nitrogen and oxygen atoms in total. The fourth-order valence-electron chi connectivity index (χ4n) is 4.33. The minimum absolute atomic E-state index is 0.263. The molecule has 2 aliphatic rings. The van der Waals surface area contributed by atoms with Crippen LogP contribution in [0.4, 0.5) is 0 Å². The van der Waals surface area contributed by atoms with Crippen molar-refractivity contribution in [3.05, 3.63) is 12.2 Å². The van der Waals surface area contributed by atoms with Gasteiger partial charge in [0.05, 0.1) is 20.3 Å². The van der Waals surface area contributed by atoms with E-state index in [-0.39, 0.29) is 6.42 Å². The standard InChI is InChI=1S/C22H36O6/c1-3-26-15-9-5-6-10-18-13-14-22(27-16-17-28-22)19(18)11-7-4-8-12-20(23)21(24)25-2/h6,10,18-19H,3-5,7-9,11-17H2,1-2H3/t18-,19+/m0/s1. The average Bonchev–Trinajstić information content (AvgIpc) is 3.31. The average molecular weight is 397 g/mol. The van der Waals surface area contributed by atoms with E-state index in [1.165, 1.54) is 7.11 Å². The monoisotopic (exact) mass is 396 g/mol. The van der Waals surface area contributed by atoms with E-state index in [1.54, 1.807) is 0 Å². The van der Waals surface area contributed by atoms with Crippen LogP contribution in [-0.2, 0) is 28.5 Å². The van der Waals surface area contributed by atoms with E-state index in [9.17, 15) is 9.59 Å². The number of ether oxygens (including phenoxy) is 4. The van der Waals surface area contributed by atoms with Crippen LogP contribution in [0.5, 0.6) is 0 Å². The van der Waals surface area contributed by atoms with Crippen molar-refractivity contribution in [2.45, 2.75) is 70.5 Å². The van der Waals surface area contributed by atoms with E-state index in [0.29, 0.717) is 31.5 Å². The highest BCUT2D eigenvalue weighted by Crippen LogP contribution is 2.48. The number of ketones is 1. The van der Waals surface area contributed by atoms with E-state index in [4.69, 9.17) is 14.2 Å². The van der Waals surface area contributed by atoms with Crippen LogP contribution in [0, 0.1) is 11.8 Å². The van der Waals surface area contributed by atoms with Crippen LogP contribution in [0.15, 0.2) is 12.2 Å². The molecule has 0 unspecified atom stereocenters. The van der Waals surface area contributed by atoms with Crippen LogP contribution in [0.1, 0.15) is 64.7 Å². The van der Waals surface area contributed by atoms with Gasteiger partial charge in [0.2, 0.25) is 5.78 Å². The van der Waals surface area contributed by atoms with Crippen LogP contribution in [0.25, 0.3) is 0 Å². The third kappa shape index (κ3) is 6.68. The van der Waals surface area contributed by atoms with Crippen LogP contribution >= 0.6 is 0 Å². The zero-order chi connectivity index (χ0) is 20.2. The quantitative estimate of drug-likeness (QED) is 0.204. The third-order valence-corrected chi connectivity index (χ3v) is 5.76. The van der Waals surface area contributed by atoms with Gasteiger partial charge < -0.3 is 18.9 Å². The Balaban J connectivity index is 1.78. The van der Waals surface area contributed by atoms with E-state index in [1.807, 2.05) is 6.92 Å². The van der Waals surface area contributed by atoms with Crippen LogP contribution in [0.3, 0.4) is 0 Å². The molecule has 1 aliphatic heterocycles. The topological polar surface area (TPSA) is 71.1 Å². The number of hydrogen-bond donors (Lipinski definition) is 0.